The molecule has 0 bridgehead atoms. The number of hydrogen-bond donors (Lipinski definition) is 1. The molecule has 1 aromatic carbocycles. The van der Waals surface area contributed by atoms with Gasteiger partial charge in [0, 0.05) is 16.9 Å². The van der Waals surface area contributed by atoms with E-state index in [1.807, 2.05) is 35.7 Å². The number of benzene rings is 1. The number of nitrogens with two attached hydrogens (primary N) is 1. The van der Waals surface area contributed by atoms with Crippen molar-refractivity contribution in [3.05, 3.63) is 40.7 Å². The highest BCUT2D eigenvalue weighted by Crippen LogP contribution is 2.33. The predicted molar refractivity (Wildman–Crippen MR) is 86.1 cm³/mol. The lowest BCUT2D eigenvalue weighted by atomic mass is 9.90. The fourth-order valence-corrected chi connectivity index (χ4v) is 3.97. The Bertz CT molecular complexity index is 608. The summed E-state index contributed by atoms with van der Waals surface area (Å²) in [5, 5.41) is 2.95. The summed E-state index contributed by atoms with van der Waals surface area (Å²) in [5.74, 6) is 0.849. The van der Waals surface area contributed by atoms with Crippen LogP contribution < -0.4 is 5.73 Å². The van der Waals surface area contributed by atoms with E-state index in [0.717, 1.165) is 35.5 Å². The molecule has 2 N–H and O–H groups in total. The molecule has 21 heavy (non-hydrogen) atoms. The number of hydrogen-bond acceptors (Lipinski definition) is 4. The van der Waals surface area contributed by atoms with Crippen molar-refractivity contribution in [1.29, 1.82) is 0 Å². The summed E-state index contributed by atoms with van der Waals surface area (Å²) >= 11 is 1.58. The molecule has 1 aromatic heterocycles. The molecule has 1 aliphatic carbocycles. The third-order valence-corrected chi connectivity index (χ3v) is 5.17. The Hall–Kier alpha value is -1.52. The van der Waals surface area contributed by atoms with Crippen LogP contribution in [0.1, 0.15) is 24.3 Å². The Balaban J connectivity index is 1.69. The van der Waals surface area contributed by atoms with E-state index >= 15 is 0 Å². The molecule has 1 fully saturated rings. The SMILES string of the molecule is NCC1CCCC1C(=O)Cc1nc(-c2ccccc2)cs1. The van der Waals surface area contributed by atoms with Crippen LogP contribution in [0, 0.1) is 11.8 Å². The third kappa shape index (κ3) is 3.22. The molecule has 2 aromatic rings. The largest absolute Gasteiger partial charge is 0.330 e. The van der Waals surface area contributed by atoms with Gasteiger partial charge in [-0.1, -0.05) is 36.8 Å². The molecular weight excluding hydrogens is 280 g/mol. The van der Waals surface area contributed by atoms with Crippen molar-refractivity contribution < 1.29 is 4.79 Å². The van der Waals surface area contributed by atoms with Crippen LogP contribution in [0.15, 0.2) is 35.7 Å². The number of nitrogens with zero attached hydrogens (tertiary/aromatic N) is 1. The minimum absolute atomic E-state index is 0.152. The van der Waals surface area contributed by atoms with Gasteiger partial charge in [-0.05, 0) is 25.3 Å². The van der Waals surface area contributed by atoms with Gasteiger partial charge in [-0.3, -0.25) is 4.79 Å². The summed E-state index contributed by atoms with van der Waals surface area (Å²) in [6, 6.07) is 10.1. The zero-order valence-corrected chi connectivity index (χ0v) is 12.8. The molecule has 0 aliphatic heterocycles. The van der Waals surface area contributed by atoms with Gasteiger partial charge in [0.15, 0.2) is 0 Å². The van der Waals surface area contributed by atoms with Gasteiger partial charge in [0.25, 0.3) is 0 Å². The predicted octanol–water partition coefficient (Wildman–Crippen LogP) is 3.30. The van der Waals surface area contributed by atoms with Crippen molar-refractivity contribution in [1.82, 2.24) is 4.98 Å². The molecule has 0 radical (unpaired) electrons. The average molecular weight is 300 g/mol. The van der Waals surface area contributed by atoms with Gasteiger partial charge in [0.2, 0.25) is 0 Å². The number of carbonyl (C=O) groups is 1. The standard InChI is InChI=1S/C17H20N2OS/c18-10-13-7-4-8-14(13)16(20)9-17-19-15(11-21-17)12-5-2-1-3-6-12/h1-3,5-6,11,13-14H,4,7-10,18H2. The number of carbonyl (C=O) groups excluding carboxylic acids is 1. The van der Waals surface area contributed by atoms with Crippen molar-refractivity contribution in [2.75, 3.05) is 6.54 Å². The lowest BCUT2D eigenvalue weighted by molar-refractivity contribution is -0.123. The van der Waals surface area contributed by atoms with Gasteiger partial charge in [-0.15, -0.1) is 11.3 Å². The van der Waals surface area contributed by atoms with E-state index in [1.54, 1.807) is 11.3 Å². The zero-order chi connectivity index (χ0) is 14.7. The second-order valence-corrected chi connectivity index (χ2v) is 6.61. The molecule has 0 spiro atoms. The number of ketones is 1. The summed E-state index contributed by atoms with van der Waals surface area (Å²) in [6.45, 7) is 0.629. The number of thiazole rings is 1. The van der Waals surface area contributed by atoms with Gasteiger partial charge in [0.05, 0.1) is 12.1 Å². The lowest BCUT2D eigenvalue weighted by Gasteiger charge is -2.15. The molecule has 0 saturated heterocycles. The maximum absolute atomic E-state index is 12.4. The van der Waals surface area contributed by atoms with Crippen LogP contribution in [0.5, 0.6) is 0 Å². The molecule has 4 heteroatoms. The molecule has 1 aliphatic rings. The van der Waals surface area contributed by atoms with Crippen LogP contribution >= 0.6 is 11.3 Å². The van der Waals surface area contributed by atoms with E-state index < -0.39 is 0 Å². The summed E-state index contributed by atoms with van der Waals surface area (Å²) < 4.78 is 0. The quantitative estimate of drug-likeness (QED) is 0.921. The summed E-state index contributed by atoms with van der Waals surface area (Å²) in [4.78, 5) is 17.1. The first-order chi connectivity index (χ1) is 10.3. The van der Waals surface area contributed by atoms with Crippen LogP contribution in [-0.2, 0) is 11.2 Å². The molecule has 0 amide bonds. The van der Waals surface area contributed by atoms with Gasteiger partial charge < -0.3 is 5.73 Å². The molecule has 3 nitrogen and oxygen atoms in total. The maximum Gasteiger partial charge on any atom is 0.143 e. The monoisotopic (exact) mass is 300 g/mol. The summed E-state index contributed by atoms with van der Waals surface area (Å²) in [7, 11) is 0. The number of Topliss-reactive ketones (excluding diaryl/α,β-unsaturated/α-hetero) is 1. The van der Waals surface area contributed by atoms with Crippen molar-refractivity contribution in [3.63, 3.8) is 0 Å². The highest BCUT2D eigenvalue weighted by molar-refractivity contribution is 7.10. The van der Waals surface area contributed by atoms with Crippen LogP contribution in [-0.4, -0.2) is 17.3 Å². The highest BCUT2D eigenvalue weighted by Gasteiger charge is 2.31. The molecule has 2 atom stereocenters. The minimum atomic E-state index is 0.152. The summed E-state index contributed by atoms with van der Waals surface area (Å²) in [6.07, 6.45) is 3.68. The van der Waals surface area contributed by atoms with Crippen LogP contribution in [0.2, 0.25) is 0 Å². The first-order valence-electron chi connectivity index (χ1n) is 7.50. The fourth-order valence-electron chi connectivity index (χ4n) is 3.16. The lowest BCUT2D eigenvalue weighted by Crippen LogP contribution is -2.26. The molecule has 3 rings (SSSR count). The van der Waals surface area contributed by atoms with Crippen molar-refractivity contribution in [3.8, 4) is 11.3 Å². The fraction of sp³-hybridized carbons (Fsp3) is 0.412. The third-order valence-electron chi connectivity index (χ3n) is 4.32. The second-order valence-electron chi connectivity index (χ2n) is 5.67. The smallest absolute Gasteiger partial charge is 0.143 e. The Labute approximate surface area is 129 Å². The first-order valence-corrected chi connectivity index (χ1v) is 8.38. The number of rotatable bonds is 5. The van der Waals surface area contributed by atoms with E-state index in [0.29, 0.717) is 24.7 Å². The molecule has 1 heterocycles. The number of aromatic nitrogens is 1. The topological polar surface area (TPSA) is 56.0 Å². The van der Waals surface area contributed by atoms with Gasteiger partial charge in [-0.2, -0.15) is 0 Å². The van der Waals surface area contributed by atoms with Crippen molar-refractivity contribution >= 4 is 17.1 Å². The van der Waals surface area contributed by atoms with Crippen molar-refractivity contribution in [2.24, 2.45) is 17.6 Å². The van der Waals surface area contributed by atoms with E-state index in [-0.39, 0.29) is 5.92 Å². The first kappa shape index (κ1) is 14.4. The Kier molecular flexibility index (Phi) is 4.46. The second kappa shape index (κ2) is 6.50. The van der Waals surface area contributed by atoms with Crippen LogP contribution in [0.3, 0.4) is 0 Å². The molecule has 1 saturated carbocycles. The summed E-state index contributed by atoms with van der Waals surface area (Å²) in [5.41, 5.74) is 7.84. The van der Waals surface area contributed by atoms with Crippen LogP contribution in [0.4, 0.5) is 0 Å². The molecule has 110 valence electrons. The molecular formula is C17H20N2OS. The Morgan fingerprint density at radius 3 is 2.86 bits per heavy atom. The van der Waals surface area contributed by atoms with Gasteiger partial charge >= 0.3 is 0 Å². The van der Waals surface area contributed by atoms with E-state index in [2.05, 4.69) is 4.98 Å². The van der Waals surface area contributed by atoms with Gasteiger partial charge in [0.1, 0.15) is 10.8 Å². The molecule has 2 unspecified atom stereocenters. The Morgan fingerprint density at radius 1 is 1.29 bits per heavy atom. The normalized spacial score (nSPS) is 21.6. The average Bonchev–Trinajstić information content (AvgIpc) is 3.16. The minimum Gasteiger partial charge on any atom is -0.330 e. The highest BCUT2D eigenvalue weighted by atomic mass is 32.1. The van der Waals surface area contributed by atoms with Gasteiger partial charge in [-0.25, -0.2) is 4.98 Å². The zero-order valence-electron chi connectivity index (χ0n) is 12.0. The van der Waals surface area contributed by atoms with E-state index in [1.165, 1.54) is 0 Å². The Morgan fingerprint density at radius 2 is 2.10 bits per heavy atom. The van der Waals surface area contributed by atoms with E-state index in [4.69, 9.17) is 5.73 Å². The van der Waals surface area contributed by atoms with Crippen molar-refractivity contribution in [2.45, 2.75) is 25.7 Å². The van der Waals surface area contributed by atoms with Crippen LogP contribution in [0.25, 0.3) is 11.3 Å². The van der Waals surface area contributed by atoms with E-state index in [9.17, 15) is 4.79 Å². The maximum atomic E-state index is 12.4.